The lowest BCUT2D eigenvalue weighted by Crippen LogP contribution is -2.08. The van der Waals surface area contributed by atoms with Crippen LogP contribution in [0.3, 0.4) is 0 Å². The van der Waals surface area contributed by atoms with E-state index in [1.807, 2.05) is 26.8 Å². The monoisotopic (exact) mass is 314 g/mol. The maximum absolute atomic E-state index is 11.1. The molecule has 0 aromatic heterocycles. The van der Waals surface area contributed by atoms with Gasteiger partial charge >= 0.3 is 5.97 Å². The average Bonchev–Trinajstić information content (AvgIpc) is 2.41. The Morgan fingerprint density at radius 1 is 1.19 bits per heavy atom. The van der Waals surface area contributed by atoms with Gasteiger partial charge in [-0.15, -0.1) is 0 Å². The van der Waals surface area contributed by atoms with E-state index in [9.17, 15) is 4.79 Å². The number of carboxylic acids is 1. The molecule has 1 rings (SSSR count). The highest BCUT2D eigenvalue weighted by Gasteiger charge is 2.20. The topological polar surface area (TPSA) is 55.8 Å². The third-order valence-corrected chi connectivity index (χ3v) is 3.49. The minimum Gasteiger partial charge on any atom is -0.490 e. The van der Waals surface area contributed by atoms with Gasteiger partial charge in [-0.2, -0.15) is 0 Å². The standard InChI is InChI=1S/C16H23ClO4/c1-4-7-11(8-16(18)19)12-9-14(20-5-2)15(21-6-3)10-13(12)17/h9-11H,4-8H2,1-3H3,(H,18,19). The van der Waals surface area contributed by atoms with Gasteiger partial charge in [-0.25, -0.2) is 0 Å². The molecule has 0 amide bonds. The number of benzene rings is 1. The smallest absolute Gasteiger partial charge is 0.303 e. The van der Waals surface area contributed by atoms with Crippen LogP contribution in [0.25, 0.3) is 0 Å². The molecule has 0 saturated heterocycles. The van der Waals surface area contributed by atoms with E-state index in [1.165, 1.54) is 0 Å². The van der Waals surface area contributed by atoms with Gasteiger partial charge in [0.05, 0.1) is 19.6 Å². The predicted molar refractivity (Wildman–Crippen MR) is 83.7 cm³/mol. The lowest BCUT2D eigenvalue weighted by atomic mass is 9.91. The van der Waals surface area contributed by atoms with Crippen molar-refractivity contribution in [3.63, 3.8) is 0 Å². The van der Waals surface area contributed by atoms with Gasteiger partial charge in [0.15, 0.2) is 11.5 Å². The van der Waals surface area contributed by atoms with Gasteiger partial charge in [0.1, 0.15) is 0 Å². The Morgan fingerprint density at radius 3 is 2.24 bits per heavy atom. The predicted octanol–water partition coefficient (Wildman–Crippen LogP) is 4.50. The van der Waals surface area contributed by atoms with Gasteiger partial charge in [0.2, 0.25) is 0 Å². The van der Waals surface area contributed by atoms with Crippen LogP contribution in [-0.2, 0) is 4.79 Å². The second-order valence-electron chi connectivity index (χ2n) is 4.77. The highest BCUT2D eigenvalue weighted by molar-refractivity contribution is 6.31. The first kappa shape index (κ1) is 17.6. The third-order valence-electron chi connectivity index (χ3n) is 3.16. The molecule has 1 aromatic carbocycles. The number of aliphatic carboxylic acids is 1. The van der Waals surface area contributed by atoms with Crippen LogP contribution >= 0.6 is 11.6 Å². The van der Waals surface area contributed by atoms with E-state index in [-0.39, 0.29) is 12.3 Å². The van der Waals surface area contributed by atoms with Crippen LogP contribution in [0.15, 0.2) is 12.1 Å². The van der Waals surface area contributed by atoms with Crippen molar-refractivity contribution >= 4 is 17.6 Å². The molecule has 1 N–H and O–H groups in total. The molecule has 118 valence electrons. The molecule has 0 aliphatic rings. The number of hydrogen-bond acceptors (Lipinski definition) is 3. The van der Waals surface area contributed by atoms with Crippen molar-refractivity contribution in [1.29, 1.82) is 0 Å². The summed E-state index contributed by atoms with van der Waals surface area (Å²) >= 11 is 6.32. The van der Waals surface area contributed by atoms with Gasteiger partial charge in [0, 0.05) is 11.1 Å². The molecule has 0 radical (unpaired) electrons. The maximum atomic E-state index is 11.1. The number of carboxylic acid groups (broad SMARTS) is 1. The van der Waals surface area contributed by atoms with Crippen LogP contribution in [0.1, 0.15) is 51.5 Å². The zero-order chi connectivity index (χ0) is 15.8. The van der Waals surface area contributed by atoms with E-state index in [1.54, 1.807) is 6.07 Å². The lowest BCUT2D eigenvalue weighted by Gasteiger charge is -2.19. The van der Waals surface area contributed by atoms with Crippen molar-refractivity contribution in [3.05, 3.63) is 22.7 Å². The van der Waals surface area contributed by atoms with Crippen LogP contribution in [0, 0.1) is 0 Å². The molecule has 1 atom stereocenters. The Morgan fingerprint density at radius 2 is 1.76 bits per heavy atom. The summed E-state index contributed by atoms with van der Waals surface area (Å²) in [6.45, 7) is 6.84. The maximum Gasteiger partial charge on any atom is 0.303 e. The molecular weight excluding hydrogens is 292 g/mol. The fourth-order valence-corrected chi connectivity index (χ4v) is 2.64. The summed E-state index contributed by atoms with van der Waals surface area (Å²) in [5.41, 5.74) is 0.813. The molecule has 0 spiro atoms. The molecule has 1 aromatic rings. The number of ether oxygens (including phenoxy) is 2. The van der Waals surface area contributed by atoms with Crippen molar-refractivity contribution in [2.24, 2.45) is 0 Å². The minimum atomic E-state index is -0.823. The van der Waals surface area contributed by atoms with E-state index < -0.39 is 5.97 Å². The summed E-state index contributed by atoms with van der Waals surface area (Å²) in [5.74, 6) is 0.273. The minimum absolute atomic E-state index is 0.0626. The molecule has 1 unspecified atom stereocenters. The van der Waals surface area contributed by atoms with Crippen LogP contribution in [0.4, 0.5) is 0 Å². The van der Waals surface area contributed by atoms with Gasteiger partial charge < -0.3 is 14.6 Å². The Labute approximate surface area is 131 Å². The molecule has 0 aliphatic heterocycles. The van der Waals surface area contributed by atoms with Crippen LogP contribution in [-0.4, -0.2) is 24.3 Å². The normalized spacial score (nSPS) is 12.0. The van der Waals surface area contributed by atoms with Crippen molar-refractivity contribution in [2.45, 2.75) is 46.0 Å². The molecule has 0 heterocycles. The summed E-state index contributed by atoms with van der Waals surface area (Å²) in [7, 11) is 0. The molecule has 5 heteroatoms. The number of hydrogen-bond donors (Lipinski definition) is 1. The van der Waals surface area contributed by atoms with Gasteiger partial charge in [-0.05, 0) is 37.8 Å². The van der Waals surface area contributed by atoms with Crippen molar-refractivity contribution in [1.82, 2.24) is 0 Å². The summed E-state index contributed by atoms with van der Waals surface area (Å²) < 4.78 is 11.1. The first-order valence-corrected chi connectivity index (χ1v) is 7.72. The van der Waals surface area contributed by atoms with E-state index >= 15 is 0 Å². The van der Waals surface area contributed by atoms with Crippen LogP contribution < -0.4 is 9.47 Å². The zero-order valence-corrected chi connectivity index (χ0v) is 13.6. The second-order valence-corrected chi connectivity index (χ2v) is 5.18. The molecule has 0 aliphatic carbocycles. The Kier molecular flexibility index (Phi) is 7.37. The molecule has 0 saturated carbocycles. The molecule has 0 bridgehead atoms. The molecule has 21 heavy (non-hydrogen) atoms. The van der Waals surface area contributed by atoms with Gasteiger partial charge in [0.25, 0.3) is 0 Å². The molecule has 4 nitrogen and oxygen atoms in total. The van der Waals surface area contributed by atoms with Gasteiger partial charge in [-0.3, -0.25) is 4.79 Å². The third kappa shape index (κ3) is 5.12. The van der Waals surface area contributed by atoms with E-state index in [0.717, 1.165) is 18.4 Å². The Hall–Kier alpha value is -1.42. The summed E-state index contributed by atoms with van der Waals surface area (Å²) in [4.78, 5) is 11.1. The fraction of sp³-hybridized carbons (Fsp3) is 0.562. The van der Waals surface area contributed by atoms with Gasteiger partial charge in [-0.1, -0.05) is 24.9 Å². The molecule has 0 fully saturated rings. The summed E-state index contributed by atoms with van der Waals surface area (Å²) in [6.07, 6.45) is 1.73. The largest absolute Gasteiger partial charge is 0.490 e. The number of rotatable bonds is 9. The van der Waals surface area contributed by atoms with Crippen molar-refractivity contribution in [2.75, 3.05) is 13.2 Å². The first-order chi connectivity index (χ1) is 10.0. The van der Waals surface area contributed by atoms with Crippen molar-refractivity contribution in [3.8, 4) is 11.5 Å². The Bertz CT molecular complexity index is 474. The second kappa shape index (κ2) is 8.78. The summed E-state index contributed by atoms with van der Waals surface area (Å²) in [6, 6.07) is 3.54. The number of carbonyl (C=O) groups is 1. The highest BCUT2D eigenvalue weighted by Crippen LogP contribution is 2.39. The Balaban J connectivity index is 3.19. The quantitative estimate of drug-likeness (QED) is 0.729. The van der Waals surface area contributed by atoms with E-state index in [2.05, 4.69) is 0 Å². The average molecular weight is 315 g/mol. The summed E-state index contributed by atoms with van der Waals surface area (Å²) in [5, 5.41) is 9.60. The SMILES string of the molecule is CCCC(CC(=O)O)c1cc(OCC)c(OCC)cc1Cl. The van der Waals surface area contributed by atoms with E-state index in [4.69, 9.17) is 26.2 Å². The molecular formula is C16H23ClO4. The number of halogens is 1. The first-order valence-electron chi connectivity index (χ1n) is 7.34. The van der Waals surface area contributed by atoms with Crippen LogP contribution in [0.2, 0.25) is 5.02 Å². The fourth-order valence-electron chi connectivity index (χ4n) is 2.33. The van der Waals surface area contributed by atoms with Crippen molar-refractivity contribution < 1.29 is 19.4 Å². The lowest BCUT2D eigenvalue weighted by molar-refractivity contribution is -0.137. The van der Waals surface area contributed by atoms with Crippen LogP contribution in [0.5, 0.6) is 11.5 Å². The highest BCUT2D eigenvalue weighted by atomic mass is 35.5. The van der Waals surface area contributed by atoms with E-state index in [0.29, 0.717) is 29.7 Å². The zero-order valence-electron chi connectivity index (χ0n) is 12.8.